The molecule has 1 saturated heterocycles. The molecule has 2 atom stereocenters. The van der Waals surface area contributed by atoms with E-state index in [0.29, 0.717) is 0 Å². The van der Waals surface area contributed by atoms with Gasteiger partial charge in [0.15, 0.2) is 0 Å². The molecule has 0 spiro atoms. The SMILES string of the molecule is CCCCCCCC(C)N(CCC)C1CCCNC1. The summed E-state index contributed by atoms with van der Waals surface area (Å²) in [5, 5.41) is 3.57. The van der Waals surface area contributed by atoms with Crippen LogP contribution in [0.2, 0.25) is 0 Å². The Kier molecular flexibility index (Phi) is 9.54. The van der Waals surface area contributed by atoms with E-state index in [1.165, 1.54) is 77.4 Å². The minimum atomic E-state index is 0.770. The van der Waals surface area contributed by atoms with Crippen LogP contribution in [-0.4, -0.2) is 36.6 Å². The Morgan fingerprint density at radius 3 is 2.53 bits per heavy atom. The highest BCUT2D eigenvalue weighted by molar-refractivity contribution is 4.81. The van der Waals surface area contributed by atoms with E-state index in [-0.39, 0.29) is 0 Å². The Labute approximate surface area is 121 Å². The van der Waals surface area contributed by atoms with Crippen molar-refractivity contribution in [2.45, 2.75) is 90.6 Å². The lowest BCUT2D eigenvalue weighted by molar-refractivity contribution is 0.113. The van der Waals surface area contributed by atoms with Crippen molar-refractivity contribution in [3.8, 4) is 0 Å². The van der Waals surface area contributed by atoms with Gasteiger partial charge in [0.25, 0.3) is 0 Å². The average molecular weight is 268 g/mol. The minimum Gasteiger partial charge on any atom is -0.315 e. The molecule has 0 aromatic heterocycles. The highest BCUT2D eigenvalue weighted by Gasteiger charge is 2.23. The summed E-state index contributed by atoms with van der Waals surface area (Å²) in [5.74, 6) is 0. The Bertz CT molecular complexity index is 199. The van der Waals surface area contributed by atoms with Gasteiger partial charge in [-0.1, -0.05) is 46.0 Å². The van der Waals surface area contributed by atoms with Gasteiger partial charge in [-0.2, -0.15) is 0 Å². The number of nitrogens with zero attached hydrogens (tertiary/aromatic N) is 1. The zero-order chi connectivity index (χ0) is 13.9. The van der Waals surface area contributed by atoms with Crippen LogP contribution < -0.4 is 5.32 Å². The monoisotopic (exact) mass is 268 g/mol. The highest BCUT2D eigenvalue weighted by Crippen LogP contribution is 2.18. The quantitative estimate of drug-likeness (QED) is 0.597. The van der Waals surface area contributed by atoms with Crippen LogP contribution in [0.5, 0.6) is 0 Å². The molecular formula is C17H36N2. The zero-order valence-electron chi connectivity index (χ0n) is 13.6. The third kappa shape index (κ3) is 6.76. The molecule has 114 valence electrons. The van der Waals surface area contributed by atoms with Gasteiger partial charge in [0, 0.05) is 18.6 Å². The van der Waals surface area contributed by atoms with Gasteiger partial charge in [-0.15, -0.1) is 0 Å². The van der Waals surface area contributed by atoms with Crippen LogP contribution in [0.4, 0.5) is 0 Å². The minimum absolute atomic E-state index is 0.770. The van der Waals surface area contributed by atoms with E-state index in [2.05, 4.69) is 31.0 Å². The standard InChI is InChI=1S/C17H36N2/c1-4-6-7-8-9-11-16(3)19(14-5-2)17-12-10-13-18-15-17/h16-18H,4-15H2,1-3H3. The summed E-state index contributed by atoms with van der Waals surface area (Å²) in [4.78, 5) is 2.78. The van der Waals surface area contributed by atoms with E-state index in [0.717, 1.165) is 12.1 Å². The number of hydrogen-bond acceptors (Lipinski definition) is 2. The van der Waals surface area contributed by atoms with Gasteiger partial charge in [0.2, 0.25) is 0 Å². The maximum absolute atomic E-state index is 3.57. The maximum Gasteiger partial charge on any atom is 0.0223 e. The summed E-state index contributed by atoms with van der Waals surface area (Å²) >= 11 is 0. The van der Waals surface area contributed by atoms with Crippen molar-refractivity contribution in [1.29, 1.82) is 0 Å². The average Bonchev–Trinajstić information content (AvgIpc) is 2.45. The van der Waals surface area contributed by atoms with Gasteiger partial charge in [0.1, 0.15) is 0 Å². The van der Waals surface area contributed by atoms with Crippen molar-refractivity contribution in [2.24, 2.45) is 0 Å². The lowest BCUT2D eigenvalue weighted by atomic mass is 10.0. The first kappa shape index (κ1) is 17.0. The lowest BCUT2D eigenvalue weighted by Crippen LogP contribution is -2.49. The van der Waals surface area contributed by atoms with Crippen LogP contribution >= 0.6 is 0 Å². The third-order valence-electron chi connectivity index (χ3n) is 4.51. The molecule has 0 bridgehead atoms. The van der Waals surface area contributed by atoms with Crippen LogP contribution in [0.1, 0.15) is 78.6 Å². The third-order valence-corrected chi connectivity index (χ3v) is 4.51. The molecular weight excluding hydrogens is 232 g/mol. The predicted molar refractivity (Wildman–Crippen MR) is 85.7 cm³/mol. The molecule has 1 aliphatic heterocycles. The second kappa shape index (κ2) is 10.7. The summed E-state index contributed by atoms with van der Waals surface area (Å²) in [6.07, 6.45) is 12.5. The van der Waals surface area contributed by atoms with Crippen molar-refractivity contribution in [3.05, 3.63) is 0 Å². The number of piperidine rings is 1. The van der Waals surface area contributed by atoms with E-state index in [1.54, 1.807) is 0 Å². The smallest absolute Gasteiger partial charge is 0.0223 e. The number of hydrogen-bond donors (Lipinski definition) is 1. The van der Waals surface area contributed by atoms with Gasteiger partial charge in [-0.3, -0.25) is 4.90 Å². The fraction of sp³-hybridized carbons (Fsp3) is 1.00. The second-order valence-corrected chi connectivity index (χ2v) is 6.29. The maximum atomic E-state index is 3.57. The number of nitrogens with one attached hydrogen (secondary N) is 1. The molecule has 1 heterocycles. The topological polar surface area (TPSA) is 15.3 Å². The molecule has 0 saturated carbocycles. The first-order chi connectivity index (χ1) is 9.29. The Balaban J connectivity index is 2.28. The van der Waals surface area contributed by atoms with Crippen molar-refractivity contribution >= 4 is 0 Å². The molecule has 1 aliphatic rings. The molecule has 0 aliphatic carbocycles. The molecule has 2 heteroatoms. The summed E-state index contributed by atoms with van der Waals surface area (Å²) in [6.45, 7) is 10.8. The highest BCUT2D eigenvalue weighted by atomic mass is 15.2. The van der Waals surface area contributed by atoms with E-state index >= 15 is 0 Å². The zero-order valence-corrected chi connectivity index (χ0v) is 13.6. The van der Waals surface area contributed by atoms with Crippen LogP contribution in [0.3, 0.4) is 0 Å². The first-order valence-electron chi connectivity index (χ1n) is 8.76. The van der Waals surface area contributed by atoms with Crippen molar-refractivity contribution in [3.63, 3.8) is 0 Å². The first-order valence-corrected chi connectivity index (χ1v) is 8.76. The Hall–Kier alpha value is -0.0800. The molecule has 0 aromatic rings. The Morgan fingerprint density at radius 1 is 1.11 bits per heavy atom. The fourth-order valence-corrected chi connectivity index (χ4v) is 3.35. The van der Waals surface area contributed by atoms with Crippen LogP contribution in [0, 0.1) is 0 Å². The molecule has 0 amide bonds. The van der Waals surface area contributed by atoms with Gasteiger partial charge >= 0.3 is 0 Å². The summed E-state index contributed by atoms with van der Waals surface area (Å²) in [5.41, 5.74) is 0. The van der Waals surface area contributed by atoms with E-state index < -0.39 is 0 Å². The molecule has 1 N–H and O–H groups in total. The van der Waals surface area contributed by atoms with Gasteiger partial charge < -0.3 is 5.32 Å². The summed E-state index contributed by atoms with van der Waals surface area (Å²) < 4.78 is 0. The molecule has 0 radical (unpaired) electrons. The molecule has 1 fully saturated rings. The molecule has 2 nitrogen and oxygen atoms in total. The normalized spacial score (nSPS) is 21.8. The second-order valence-electron chi connectivity index (χ2n) is 6.29. The molecule has 0 aromatic carbocycles. The van der Waals surface area contributed by atoms with E-state index in [1.807, 2.05) is 0 Å². The lowest BCUT2D eigenvalue weighted by Gasteiger charge is -2.39. The summed E-state index contributed by atoms with van der Waals surface area (Å²) in [7, 11) is 0. The summed E-state index contributed by atoms with van der Waals surface area (Å²) in [6, 6.07) is 1.56. The Morgan fingerprint density at radius 2 is 1.89 bits per heavy atom. The van der Waals surface area contributed by atoms with Crippen molar-refractivity contribution < 1.29 is 0 Å². The van der Waals surface area contributed by atoms with Crippen LogP contribution in [-0.2, 0) is 0 Å². The molecule has 1 rings (SSSR count). The number of unbranched alkanes of at least 4 members (excludes halogenated alkanes) is 4. The van der Waals surface area contributed by atoms with Gasteiger partial charge in [0.05, 0.1) is 0 Å². The van der Waals surface area contributed by atoms with E-state index in [9.17, 15) is 0 Å². The van der Waals surface area contributed by atoms with Gasteiger partial charge in [-0.05, 0) is 45.7 Å². The van der Waals surface area contributed by atoms with Crippen LogP contribution in [0.25, 0.3) is 0 Å². The van der Waals surface area contributed by atoms with Gasteiger partial charge in [-0.25, -0.2) is 0 Å². The molecule has 19 heavy (non-hydrogen) atoms. The fourth-order valence-electron chi connectivity index (χ4n) is 3.35. The number of rotatable bonds is 10. The predicted octanol–water partition coefficient (Wildman–Crippen LogP) is 4.20. The van der Waals surface area contributed by atoms with Crippen molar-refractivity contribution in [2.75, 3.05) is 19.6 Å². The molecule has 2 unspecified atom stereocenters. The van der Waals surface area contributed by atoms with E-state index in [4.69, 9.17) is 0 Å². The van der Waals surface area contributed by atoms with Crippen molar-refractivity contribution in [1.82, 2.24) is 10.2 Å². The van der Waals surface area contributed by atoms with Crippen LogP contribution in [0.15, 0.2) is 0 Å². The largest absolute Gasteiger partial charge is 0.315 e.